The maximum atomic E-state index is 5.43. The molecule has 0 aromatic heterocycles. The Morgan fingerprint density at radius 3 is 2.75 bits per heavy atom. The van der Waals surface area contributed by atoms with Gasteiger partial charge in [0, 0.05) is 35.7 Å². The van der Waals surface area contributed by atoms with Crippen LogP contribution in [0, 0.1) is 0 Å². The van der Waals surface area contributed by atoms with Crippen molar-refractivity contribution in [1.29, 1.82) is 0 Å². The average Bonchev–Trinajstić information content (AvgIpc) is 2.42. The number of anilines is 1. The van der Waals surface area contributed by atoms with Crippen LogP contribution in [0.2, 0.25) is 0 Å². The zero-order valence-corrected chi connectivity index (χ0v) is 15.4. The lowest BCUT2D eigenvalue weighted by atomic mass is 10.0. The van der Waals surface area contributed by atoms with Gasteiger partial charge < -0.3 is 15.0 Å². The minimum atomic E-state index is 0.477. The van der Waals surface area contributed by atoms with E-state index in [1.807, 2.05) is 0 Å². The number of ether oxygens (including phenoxy) is 1. The summed E-state index contributed by atoms with van der Waals surface area (Å²) in [5, 5.41) is 3.63. The summed E-state index contributed by atoms with van der Waals surface area (Å²) >= 11 is 7.22. The zero-order valence-electron chi connectivity index (χ0n) is 12.2. The average molecular weight is 406 g/mol. The van der Waals surface area contributed by atoms with Gasteiger partial charge in [-0.25, -0.2) is 0 Å². The van der Waals surface area contributed by atoms with Crippen molar-refractivity contribution in [1.82, 2.24) is 5.32 Å². The predicted octanol–water partition coefficient (Wildman–Crippen LogP) is 4.19. The van der Waals surface area contributed by atoms with Crippen molar-refractivity contribution in [3.05, 3.63) is 21.1 Å². The van der Waals surface area contributed by atoms with Gasteiger partial charge in [-0.05, 0) is 51.3 Å². The highest BCUT2D eigenvalue weighted by Gasteiger charge is 2.26. The molecule has 1 aliphatic rings. The van der Waals surface area contributed by atoms with E-state index in [0.717, 1.165) is 27.8 Å². The normalized spacial score (nSPS) is 22.9. The van der Waals surface area contributed by atoms with Gasteiger partial charge in [0.05, 0.1) is 17.3 Å². The fourth-order valence-electron chi connectivity index (χ4n) is 2.70. The molecule has 1 aromatic rings. The van der Waals surface area contributed by atoms with Crippen LogP contribution >= 0.6 is 31.9 Å². The molecule has 0 bridgehead atoms. The van der Waals surface area contributed by atoms with Gasteiger partial charge in [-0.2, -0.15) is 0 Å². The first kappa shape index (κ1) is 16.1. The van der Waals surface area contributed by atoms with Gasteiger partial charge >= 0.3 is 0 Å². The third-order valence-electron chi connectivity index (χ3n) is 3.82. The van der Waals surface area contributed by atoms with Gasteiger partial charge in [0.2, 0.25) is 0 Å². The minimum Gasteiger partial charge on any atom is -0.495 e. The number of hydrogen-bond donors (Lipinski definition) is 1. The zero-order chi connectivity index (χ0) is 14.7. The molecule has 3 nitrogen and oxygen atoms in total. The Bertz CT molecular complexity index is 467. The molecule has 1 fully saturated rings. The molecule has 0 aliphatic carbocycles. The Morgan fingerprint density at radius 1 is 1.35 bits per heavy atom. The second kappa shape index (κ2) is 7.14. The second-order valence-electron chi connectivity index (χ2n) is 5.33. The Hall–Kier alpha value is -0.260. The van der Waals surface area contributed by atoms with E-state index in [0.29, 0.717) is 12.1 Å². The summed E-state index contributed by atoms with van der Waals surface area (Å²) in [6, 6.07) is 5.22. The molecule has 1 aliphatic heterocycles. The molecular weight excluding hydrogens is 384 g/mol. The lowest BCUT2D eigenvalue weighted by Crippen LogP contribution is -2.55. The van der Waals surface area contributed by atoms with E-state index >= 15 is 0 Å². The lowest BCUT2D eigenvalue weighted by Gasteiger charge is -2.41. The summed E-state index contributed by atoms with van der Waals surface area (Å²) < 4.78 is 7.51. The fourth-order valence-corrected chi connectivity index (χ4v) is 4.09. The Labute approximate surface area is 138 Å². The number of methoxy groups -OCH3 is 1. The van der Waals surface area contributed by atoms with Crippen LogP contribution in [0.1, 0.15) is 26.7 Å². The molecule has 2 rings (SSSR count). The Morgan fingerprint density at radius 2 is 2.10 bits per heavy atom. The number of hydrogen-bond acceptors (Lipinski definition) is 3. The van der Waals surface area contributed by atoms with E-state index in [1.54, 1.807) is 7.11 Å². The molecule has 1 N–H and O–H groups in total. The first-order chi connectivity index (χ1) is 9.56. The number of piperazine rings is 1. The predicted molar refractivity (Wildman–Crippen MR) is 91.9 cm³/mol. The molecular formula is C15H22Br2N2O. The Balaban J connectivity index is 2.28. The molecule has 112 valence electrons. The maximum Gasteiger partial charge on any atom is 0.135 e. The molecule has 1 heterocycles. The largest absolute Gasteiger partial charge is 0.495 e. The number of nitrogens with zero attached hydrogens (tertiary/aromatic N) is 1. The Kier molecular flexibility index (Phi) is 5.75. The quantitative estimate of drug-likeness (QED) is 0.812. The van der Waals surface area contributed by atoms with Crippen molar-refractivity contribution >= 4 is 37.5 Å². The molecule has 2 unspecified atom stereocenters. The van der Waals surface area contributed by atoms with Crippen molar-refractivity contribution in [2.75, 3.05) is 25.1 Å². The molecule has 0 radical (unpaired) electrons. The lowest BCUT2D eigenvalue weighted by molar-refractivity contribution is 0.384. The fraction of sp³-hybridized carbons (Fsp3) is 0.600. The van der Waals surface area contributed by atoms with Crippen molar-refractivity contribution in [3.63, 3.8) is 0 Å². The minimum absolute atomic E-state index is 0.477. The van der Waals surface area contributed by atoms with E-state index < -0.39 is 0 Å². The number of benzene rings is 1. The van der Waals surface area contributed by atoms with Crippen molar-refractivity contribution in [3.8, 4) is 5.75 Å². The van der Waals surface area contributed by atoms with Crippen molar-refractivity contribution < 1.29 is 4.74 Å². The smallest absolute Gasteiger partial charge is 0.135 e. The van der Waals surface area contributed by atoms with E-state index in [1.165, 1.54) is 18.5 Å². The molecule has 1 aromatic carbocycles. The number of rotatable bonds is 4. The van der Waals surface area contributed by atoms with E-state index in [-0.39, 0.29) is 0 Å². The van der Waals surface area contributed by atoms with Gasteiger partial charge in [-0.15, -0.1) is 0 Å². The maximum absolute atomic E-state index is 5.43. The van der Waals surface area contributed by atoms with Crippen LogP contribution < -0.4 is 15.0 Å². The third-order valence-corrected chi connectivity index (χ3v) is 5.07. The summed E-state index contributed by atoms with van der Waals surface area (Å²) in [6.45, 7) is 6.56. The van der Waals surface area contributed by atoms with Gasteiger partial charge in [0.25, 0.3) is 0 Å². The van der Waals surface area contributed by atoms with Gasteiger partial charge in [0.1, 0.15) is 5.75 Å². The number of nitrogens with one attached hydrogen (secondary N) is 1. The molecule has 1 saturated heterocycles. The first-order valence-electron chi connectivity index (χ1n) is 7.09. The van der Waals surface area contributed by atoms with Crippen LogP contribution in [0.15, 0.2) is 21.1 Å². The van der Waals surface area contributed by atoms with E-state index in [4.69, 9.17) is 4.74 Å². The van der Waals surface area contributed by atoms with E-state index in [9.17, 15) is 0 Å². The van der Waals surface area contributed by atoms with Gasteiger partial charge in [-0.3, -0.25) is 0 Å². The van der Waals surface area contributed by atoms with Gasteiger partial charge in [-0.1, -0.05) is 13.3 Å². The summed E-state index contributed by atoms with van der Waals surface area (Å²) in [4.78, 5) is 2.47. The van der Waals surface area contributed by atoms with Crippen LogP contribution in [0.3, 0.4) is 0 Å². The van der Waals surface area contributed by atoms with Crippen molar-refractivity contribution in [2.24, 2.45) is 0 Å². The molecule has 0 saturated carbocycles. The molecule has 5 heteroatoms. The summed E-state index contributed by atoms with van der Waals surface area (Å²) in [5.41, 5.74) is 1.21. The van der Waals surface area contributed by atoms with Crippen LogP contribution in [0.4, 0.5) is 5.69 Å². The topological polar surface area (TPSA) is 24.5 Å². The molecule has 20 heavy (non-hydrogen) atoms. The summed E-state index contributed by atoms with van der Waals surface area (Å²) in [5.74, 6) is 0.876. The second-order valence-corrected chi connectivity index (χ2v) is 7.04. The SMILES string of the molecule is CCCC1CN(c2cc(OC)c(Br)cc2Br)C(C)CN1. The van der Waals surface area contributed by atoms with Crippen LogP contribution in [-0.2, 0) is 0 Å². The molecule has 0 spiro atoms. The van der Waals surface area contributed by atoms with Crippen molar-refractivity contribution in [2.45, 2.75) is 38.8 Å². The monoisotopic (exact) mass is 404 g/mol. The third kappa shape index (κ3) is 3.49. The first-order valence-corrected chi connectivity index (χ1v) is 8.68. The highest BCUT2D eigenvalue weighted by atomic mass is 79.9. The highest BCUT2D eigenvalue weighted by molar-refractivity contribution is 9.11. The van der Waals surface area contributed by atoms with Gasteiger partial charge in [0.15, 0.2) is 0 Å². The van der Waals surface area contributed by atoms with E-state index in [2.05, 4.69) is 68.1 Å². The van der Waals surface area contributed by atoms with Crippen LogP contribution in [-0.4, -0.2) is 32.3 Å². The molecule has 2 atom stereocenters. The van der Waals surface area contributed by atoms with Crippen LogP contribution in [0.5, 0.6) is 5.75 Å². The summed E-state index contributed by atoms with van der Waals surface area (Å²) in [7, 11) is 1.71. The standard InChI is InChI=1S/C15H22Br2N2O/c1-4-5-11-9-19(10(2)8-18-11)14-7-15(20-3)13(17)6-12(14)16/h6-7,10-11,18H,4-5,8-9H2,1-3H3. The highest BCUT2D eigenvalue weighted by Crippen LogP contribution is 2.37. The summed E-state index contributed by atoms with van der Waals surface area (Å²) in [6.07, 6.45) is 2.43. The molecule has 0 amide bonds. The number of halogens is 2. The van der Waals surface area contributed by atoms with Crippen LogP contribution in [0.25, 0.3) is 0 Å².